The number of hydrogen-bond donors (Lipinski definition) is 1. The Morgan fingerprint density at radius 1 is 1.28 bits per heavy atom. The lowest BCUT2D eigenvalue weighted by molar-refractivity contribution is 0.0924. The second-order valence-electron chi connectivity index (χ2n) is 5.07. The summed E-state index contributed by atoms with van der Waals surface area (Å²) >= 11 is 3.44. The third-order valence-electron chi connectivity index (χ3n) is 3.25. The van der Waals surface area contributed by atoms with Gasteiger partial charge in [-0.25, -0.2) is 0 Å². The molecule has 0 radical (unpaired) electrons. The maximum absolute atomic E-state index is 12.3. The molecule has 1 N–H and O–H groups in total. The monoisotopic (exact) mass is 311 g/mol. The molecule has 3 heteroatoms. The van der Waals surface area contributed by atoms with E-state index >= 15 is 0 Å². The van der Waals surface area contributed by atoms with Crippen molar-refractivity contribution in [2.75, 3.05) is 5.33 Å². The molecule has 1 rings (SSSR count). The molecule has 0 spiro atoms. The lowest BCUT2D eigenvalue weighted by Gasteiger charge is -2.22. The van der Waals surface area contributed by atoms with Crippen LogP contribution in [0.1, 0.15) is 41.8 Å². The number of halogens is 1. The maximum atomic E-state index is 12.3. The first-order chi connectivity index (χ1) is 8.47. The summed E-state index contributed by atoms with van der Waals surface area (Å²) in [5.41, 5.74) is 2.89. The SMILES string of the molecule is Cc1cccc(C)c1C(=O)NC(CCBr)C(C)C. The molecule has 1 atom stereocenters. The van der Waals surface area contributed by atoms with Crippen molar-refractivity contribution < 1.29 is 4.79 Å². The van der Waals surface area contributed by atoms with Gasteiger partial charge in [0.1, 0.15) is 0 Å². The number of amides is 1. The molecule has 1 aromatic rings. The fourth-order valence-corrected chi connectivity index (χ4v) is 2.60. The maximum Gasteiger partial charge on any atom is 0.252 e. The molecule has 0 aromatic heterocycles. The molecule has 2 nitrogen and oxygen atoms in total. The Labute approximate surface area is 118 Å². The van der Waals surface area contributed by atoms with Gasteiger partial charge < -0.3 is 5.32 Å². The predicted molar refractivity (Wildman–Crippen MR) is 80.4 cm³/mol. The second kappa shape index (κ2) is 6.93. The van der Waals surface area contributed by atoms with Crippen molar-refractivity contribution in [3.8, 4) is 0 Å². The number of aryl methyl sites for hydroxylation is 2. The van der Waals surface area contributed by atoms with Gasteiger partial charge in [0.2, 0.25) is 0 Å². The van der Waals surface area contributed by atoms with E-state index in [0.717, 1.165) is 28.4 Å². The number of hydrogen-bond acceptors (Lipinski definition) is 1. The number of carbonyl (C=O) groups is 1. The molecule has 0 fully saturated rings. The van der Waals surface area contributed by atoms with Crippen molar-refractivity contribution >= 4 is 21.8 Å². The van der Waals surface area contributed by atoms with Crippen LogP contribution in [0.2, 0.25) is 0 Å². The molecule has 0 aliphatic rings. The highest BCUT2D eigenvalue weighted by atomic mass is 79.9. The predicted octanol–water partition coefficient (Wildman–Crippen LogP) is 3.84. The second-order valence-corrected chi connectivity index (χ2v) is 5.86. The number of nitrogens with one attached hydrogen (secondary N) is 1. The smallest absolute Gasteiger partial charge is 0.252 e. The molecular weight excluding hydrogens is 290 g/mol. The molecule has 100 valence electrons. The molecule has 0 saturated carbocycles. The Balaban J connectivity index is 2.87. The summed E-state index contributed by atoms with van der Waals surface area (Å²) < 4.78 is 0. The van der Waals surface area contributed by atoms with Gasteiger partial charge in [-0.3, -0.25) is 4.79 Å². The highest BCUT2D eigenvalue weighted by Gasteiger charge is 2.18. The largest absolute Gasteiger partial charge is 0.349 e. The van der Waals surface area contributed by atoms with Crippen LogP contribution in [0, 0.1) is 19.8 Å². The van der Waals surface area contributed by atoms with E-state index in [1.807, 2.05) is 32.0 Å². The molecule has 0 saturated heterocycles. The zero-order valence-corrected chi connectivity index (χ0v) is 13.2. The molecule has 0 bridgehead atoms. The van der Waals surface area contributed by atoms with Gasteiger partial charge in [-0.1, -0.05) is 48.0 Å². The minimum atomic E-state index is 0.0465. The third kappa shape index (κ3) is 3.84. The summed E-state index contributed by atoms with van der Waals surface area (Å²) in [6, 6.07) is 6.17. The van der Waals surface area contributed by atoms with Crippen LogP contribution < -0.4 is 5.32 Å². The van der Waals surface area contributed by atoms with Crippen LogP contribution in [0.3, 0.4) is 0 Å². The first-order valence-electron chi connectivity index (χ1n) is 6.40. The lowest BCUT2D eigenvalue weighted by atomic mass is 9.98. The zero-order chi connectivity index (χ0) is 13.7. The van der Waals surface area contributed by atoms with Crippen molar-refractivity contribution in [2.45, 2.75) is 40.2 Å². The number of benzene rings is 1. The van der Waals surface area contributed by atoms with Crippen LogP contribution in [0.25, 0.3) is 0 Å². The average Bonchev–Trinajstić information content (AvgIpc) is 2.28. The van der Waals surface area contributed by atoms with Gasteiger partial charge in [0.25, 0.3) is 5.91 Å². The third-order valence-corrected chi connectivity index (χ3v) is 3.71. The fourth-order valence-electron chi connectivity index (χ4n) is 2.10. The number of rotatable bonds is 5. The Morgan fingerprint density at radius 2 is 1.83 bits per heavy atom. The van der Waals surface area contributed by atoms with Gasteiger partial charge in [0.05, 0.1) is 0 Å². The van der Waals surface area contributed by atoms with Crippen molar-refractivity contribution in [1.82, 2.24) is 5.32 Å². The minimum Gasteiger partial charge on any atom is -0.349 e. The van der Waals surface area contributed by atoms with E-state index in [1.165, 1.54) is 0 Å². The Bertz CT molecular complexity index is 395. The van der Waals surface area contributed by atoms with Crippen molar-refractivity contribution in [3.63, 3.8) is 0 Å². The quantitative estimate of drug-likeness (QED) is 0.822. The van der Waals surface area contributed by atoms with Gasteiger partial charge in [0.15, 0.2) is 0 Å². The van der Waals surface area contributed by atoms with Crippen LogP contribution in [-0.4, -0.2) is 17.3 Å². The van der Waals surface area contributed by atoms with Crippen molar-refractivity contribution in [3.05, 3.63) is 34.9 Å². The van der Waals surface area contributed by atoms with Crippen LogP contribution in [0.5, 0.6) is 0 Å². The van der Waals surface area contributed by atoms with Gasteiger partial charge in [-0.2, -0.15) is 0 Å². The highest BCUT2D eigenvalue weighted by molar-refractivity contribution is 9.09. The molecule has 1 unspecified atom stereocenters. The molecular formula is C15H22BrNO. The summed E-state index contributed by atoms with van der Waals surface area (Å²) in [5.74, 6) is 0.487. The summed E-state index contributed by atoms with van der Waals surface area (Å²) in [5, 5.41) is 4.05. The van der Waals surface area contributed by atoms with E-state index in [1.54, 1.807) is 0 Å². The van der Waals surface area contributed by atoms with Gasteiger partial charge in [-0.05, 0) is 37.3 Å². The highest BCUT2D eigenvalue weighted by Crippen LogP contribution is 2.15. The van der Waals surface area contributed by atoms with E-state index in [0.29, 0.717) is 5.92 Å². The van der Waals surface area contributed by atoms with E-state index in [9.17, 15) is 4.79 Å². The molecule has 0 aliphatic carbocycles. The summed E-state index contributed by atoms with van der Waals surface area (Å²) in [7, 11) is 0. The van der Waals surface area contributed by atoms with Crippen LogP contribution in [0.15, 0.2) is 18.2 Å². The van der Waals surface area contributed by atoms with E-state index in [2.05, 4.69) is 35.1 Å². The molecule has 1 aromatic carbocycles. The standard InChI is InChI=1S/C15H22BrNO/c1-10(2)13(8-9-16)17-15(18)14-11(3)6-5-7-12(14)4/h5-7,10,13H,8-9H2,1-4H3,(H,17,18). The molecule has 18 heavy (non-hydrogen) atoms. The van der Waals surface area contributed by atoms with Crippen molar-refractivity contribution in [2.24, 2.45) is 5.92 Å². The fraction of sp³-hybridized carbons (Fsp3) is 0.533. The molecule has 0 heterocycles. The first kappa shape index (κ1) is 15.2. The van der Waals surface area contributed by atoms with Gasteiger partial charge in [-0.15, -0.1) is 0 Å². The normalized spacial score (nSPS) is 12.6. The van der Waals surface area contributed by atoms with E-state index in [-0.39, 0.29) is 11.9 Å². The summed E-state index contributed by atoms with van der Waals surface area (Å²) in [4.78, 5) is 12.3. The van der Waals surface area contributed by atoms with Crippen LogP contribution >= 0.6 is 15.9 Å². The average molecular weight is 312 g/mol. The minimum absolute atomic E-state index is 0.0465. The topological polar surface area (TPSA) is 29.1 Å². The van der Waals surface area contributed by atoms with E-state index < -0.39 is 0 Å². The van der Waals surface area contributed by atoms with Crippen LogP contribution in [0.4, 0.5) is 0 Å². The number of alkyl halides is 1. The Morgan fingerprint density at radius 3 is 2.28 bits per heavy atom. The zero-order valence-electron chi connectivity index (χ0n) is 11.6. The summed E-state index contributed by atoms with van der Waals surface area (Å²) in [6.45, 7) is 8.24. The van der Waals surface area contributed by atoms with Gasteiger partial charge >= 0.3 is 0 Å². The Hall–Kier alpha value is -0.830. The van der Waals surface area contributed by atoms with Crippen LogP contribution in [-0.2, 0) is 0 Å². The number of carbonyl (C=O) groups excluding carboxylic acids is 1. The van der Waals surface area contributed by atoms with Crippen molar-refractivity contribution in [1.29, 1.82) is 0 Å². The van der Waals surface area contributed by atoms with E-state index in [4.69, 9.17) is 0 Å². The van der Waals surface area contributed by atoms with Gasteiger partial charge in [0, 0.05) is 16.9 Å². The first-order valence-corrected chi connectivity index (χ1v) is 7.52. The lowest BCUT2D eigenvalue weighted by Crippen LogP contribution is -2.39. The molecule has 1 amide bonds. The molecule has 0 aliphatic heterocycles. The summed E-state index contributed by atoms with van der Waals surface area (Å²) in [6.07, 6.45) is 0.953. The Kier molecular flexibility index (Phi) is 5.86.